The van der Waals surface area contributed by atoms with Crippen LogP contribution >= 0.6 is 0 Å². The van der Waals surface area contributed by atoms with Crippen LogP contribution in [0.15, 0.2) is 66.0 Å². The zero-order chi connectivity index (χ0) is 44.7. The molecule has 0 saturated heterocycles. The summed E-state index contributed by atoms with van der Waals surface area (Å²) in [6.07, 6.45) is 1.52. The lowest BCUT2D eigenvalue weighted by molar-refractivity contribution is -0.143. The van der Waals surface area contributed by atoms with E-state index in [0.717, 1.165) is 10.5 Å². The van der Waals surface area contributed by atoms with Gasteiger partial charge in [-0.2, -0.15) is 0 Å². The highest BCUT2D eigenvalue weighted by atomic mass is 16.6. The molecule has 0 spiro atoms. The Balaban J connectivity index is 1.19. The molecule has 0 aromatic heterocycles. The molecule has 4 amide bonds. The Hall–Kier alpha value is -5.88. The summed E-state index contributed by atoms with van der Waals surface area (Å²) in [5.74, 6) is 6.53. The number of hydrazine groups is 1. The number of nitrogens with zero attached hydrogens (tertiary/aromatic N) is 3. The third kappa shape index (κ3) is 12.6. The fourth-order valence-corrected chi connectivity index (χ4v) is 6.51. The molecule has 0 bridgehead atoms. The molecule has 1 atom stereocenters. The van der Waals surface area contributed by atoms with Crippen LogP contribution in [-0.2, 0) is 40.6 Å². The van der Waals surface area contributed by atoms with Gasteiger partial charge in [0, 0.05) is 29.4 Å². The molecule has 1 aliphatic rings. The van der Waals surface area contributed by atoms with Gasteiger partial charge in [0.25, 0.3) is 17.7 Å². The highest BCUT2D eigenvalue weighted by molar-refractivity contribution is 6.05. The Bertz CT molecular complexity index is 2020. The summed E-state index contributed by atoms with van der Waals surface area (Å²) < 4.78 is 33.7. The van der Waals surface area contributed by atoms with Gasteiger partial charge < -0.3 is 50.1 Å². The number of fused-ring (bicyclic) bond motifs is 1. The summed E-state index contributed by atoms with van der Waals surface area (Å²) in [6.45, 7) is 11.6. The highest BCUT2D eigenvalue weighted by Crippen LogP contribution is 2.35. The molecule has 3 aromatic rings. The van der Waals surface area contributed by atoms with Crippen molar-refractivity contribution < 1.29 is 47.6 Å². The van der Waals surface area contributed by atoms with Crippen molar-refractivity contribution in [3.05, 3.63) is 82.7 Å². The van der Waals surface area contributed by atoms with Gasteiger partial charge in [0.15, 0.2) is 0 Å². The molecule has 0 radical (unpaired) electrons. The number of hydrogen-bond acceptors (Lipinski definition) is 14. The van der Waals surface area contributed by atoms with E-state index < -0.39 is 17.9 Å². The topological polar surface area (TPSA) is 223 Å². The summed E-state index contributed by atoms with van der Waals surface area (Å²) in [5, 5.41) is 4.15. The molecule has 17 heteroatoms. The number of nitrogens with one attached hydrogen (secondary N) is 1. The average molecular weight is 848 g/mol. The average Bonchev–Trinajstić information content (AvgIpc) is 3.59. The zero-order valence-corrected chi connectivity index (χ0v) is 36.3. The standard InChI is InChI=1S/C44H61N7O10/c1-8-10-36(50-27-33-32(42(50)54)11-9-12-34(33)45)43(55)49(28-52)17-18-58-19-20-59-21-22-60-23-24-61-38-15-13-30(44(3,4)5)25-35(38)48-41(53)40(46)29(2)51(47)37-26-31(56-6)14-16-39(37)57-7/h9,11-16,25-26,28,36H,8,10,17-24,27,45-47H2,1-7H3,(H,48,53)/b40-29-. The van der Waals surface area contributed by atoms with Gasteiger partial charge in [-0.25, -0.2) is 5.84 Å². The molecular formula is C44H61N7O10. The minimum atomic E-state index is -0.794. The van der Waals surface area contributed by atoms with Crippen LogP contribution in [0.25, 0.3) is 0 Å². The number of anilines is 3. The maximum atomic E-state index is 13.5. The number of nitrogen functional groups attached to an aromatic ring is 1. The van der Waals surface area contributed by atoms with Crippen LogP contribution in [0.5, 0.6) is 17.2 Å². The van der Waals surface area contributed by atoms with Crippen molar-refractivity contribution in [3.8, 4) is 17.2 Å². The third-order valence-corrected chi connectivity index (χ3v) is 10.1. The number of hydrogen-bond donors (Lipinski definition) is 4. The first-order valence-corrected chi connectivity index (χ1v) is 20.2. The SMILES string of the molecule is CCCC(C(=O)N(C=O)CCOCCOCCOCCOc1ccc(C(C)(C)C)cc1NC(=O)/C(N)=C(\C)N(N)c1cc(OC)ccc1OC)N1Cc2c(N)cccc2C1=O. The number of nitrogens with two attached hydrogens (primary N) is 3. The summed E-state index contributed by atoms with van der Waals surface area (Å²) >= 11 is 0. The van der Waals surface area contributed by atoms with Gasteiger partial charge in [0.05, 0.1) is 71.8 Å². The lowest BCUT2D eigenvalue weighted by Crippen LogP contribution is -2.49. The van der Waals surface area contributed by atoms with Crippen molar-refractivity contribution in [1.82, 2.24) is 9.80 Å². The van der Waals surface area contributed by atoms with Crippen molar-refractivity contribution >= 4 is 41.2 Å². The fraction of sp³-hybridized carbons (Fsp3) is 0.455. The molecule has 3 aromatic carbocycles. The lowest BCUT2D eigenvalue weighted by atomic mass is 9.87. The van der Waals surface area contributed by atoms with Gasteiger partial charge in [-0.15, -0.1) is 0 Å². The Kier molecular flexibility index (Phi) is 17.7. The number of carbonyl (C=O) groups excluding carboxylic acids is 4. The molecule has 0 aliphatic carbocycles. The van der Waals surface area contributed by atoms with Crippen LogP contribution in [0, 0.1) is 0 Å². The van der Waals surface area contributed by atoms with E-state index in [-0.39, 0.29) is 68.8 Å². The maximum absolute atomic E-state index is 13.5. The third-order valence-electron chi connectivity index (χ3n) is 10.1. The number of benzene rings is 3. The largest absolute Gasteiger partial charge is 0.497 e. The molecule has 1 aliphatic heterocycles. The van der Waals surface area contributed by atoms with Crippen molar-refractivity contribution in [1.29, 1.82) is 0 Å². The van der Waals surface area contributed by atoms with Crippen LogP contribution in [-0.4, -0.2) is 107 Å². The normalized spacial score (nSPS) is 13.2. The van der Waals surface area contributed by atoms with Crippen molar-refractivity contribution in [3.63, 3.8) is 0 Å². The van der Waals surface area contributed by atoms with Gasteiger partial charge in [0.1, 0.15) is 41.3 Å². The molecule has 61 heavy (non-hydrogen) atoms. The van der Waals surface area contributed by atoms with Crippen LogP contribution in [0.1, 0.15) is 68.9 Å². The second kappa shape index (κ2) is 22.6. The first-order chi connectivity index (χ1) is 29.2. The number of ether oxygens (including phenoxy) is 6. The smallest absolute Gasteiger partial charge is 0.273 e. The van der Waals surface area contributed by atoms with E-state index in [1.54, 1.807) is 49.4 Å². The van der Waals surface area contributed by atoms with E-state index >= 15 is 0 Å². The van der Waals surface area contributed by atoms with Gasteiger partial charge in [-0.1, -0.05) is 46.2 Å². The maximum Gasteiger partial charge on any atom is 0.273 e. The fourth-order valence-electron chi connectivity index (χ4n) is 6.51. The summed E-state index contributed by atoms with van der Waals surface area (Å²) in [5.41, 5.74) is 15.9. The number of allylic oxidation sites excluding steroid dienone is 1. The van der Waals surface area contributed by atoms with Gasteiger partial charge in [-0.05, 0) is 60.7 Å². The van der Waals surface area contributed by atoms with Gasteiger partial charge in [0.2, 0.25) is 6.41 Å². The highest BCUT2D eigenvalue weighted by Gasteiger charge is 2.38. The Morgan fingerprint density at radius 2 is 1.57 bits per heavy atom. The Morgan fingerprint density at radius 3 is 2.18 bits per heavy atom. The molecule has 7 N–H and O–H groups in total. The molecule has 1 heterocycles. The molecule has 4 rings (SSSR count). The van der Waals surface area contributed by atoms with Crippen LogP contribution in [0.3, 0.4) is 0 Å². The molecular weight excluding hydrogens is 787 g/mol. The van der Waals surface area contributed by atoms with Crippen molar-refractivity contribution in [2.24, 2.45) is 11.6 Å². The van der Waals surface area contributed by atoms with Crippen LogP contribution < -0.4 is 41.8 Å². The minimum Gasteiger partial charge on any atom is -0.497 e. The predicted molar refractivity (Wildman–Crippen MR) is 232 cm³/mol. The van der Waals surface area contributed by atoms with Crippen molar-refractivity contribution in [2.45, 2.75) is 65.5 Å². The van der Waals surface area contributed by atoms with Gasteiger partial charge >= 0.3 is 0 Å². The quantitative estimate of drug-likeness (QED) is 0.0246. The lowest BCUT2D eigenvalue weighted by Gasteiger charge is -2.29. The number of rotatable bonds is 24. The van der Waals surface area contributed by atoms with Gasteiger partial charge in [-0.3, -0.25) is 29.1 Å². The van der Waals surface area contributed by atoms with E-state index in [2.05, 4.69) is 26.1 Å². The first-order valence-electron chi connectivity index (χ1n) is 20.2. The van der Waals surface area contributed by atoms with Crippen molar-refractivity contribution in [2.75, 3.05) is 83.1 Å². The van der Waals surface area contributed by atoms with E-state index in [4.69, 9.17) is 45.7 Å². The minimum absolute atomic E-state index is 0.0308. The van der Waals surface area contributed by atoms with E-state index in [9.17, 15) is 19.2 Å². The van der Waals surface area contributed by atoms with E-state index in [0.29, 0.717) is 77.9 Å². The Morgan fingerprint density at radius 1 is 0.918 bits per heavy atom. The Labute approximate surface area is 357 Å². The second-order valence-electron chi connectivity index (χ2n) is 15.3. The molecule has 332 valence electrons. The first kappa shape index (κ1) is 47.8. The second-order valence-corrected chi connectivity index (χ2v) is 15.3. The summed E-state index contributed by atoms with van der Waals surface area (Å²) in [4.78, 5) is 54.5. The number of methoxy groups -OCH3 is 2. The summed E-state index contributed by atoms with van der Waals surface area (Å²) in [7, 11) is 3.05. The summed E-state index contributed by atoms with van der Waals surface area (Å²) in [6, 6.07) is 15.0. The molecule has 0 fully saturated rings. The molecule has 17 nitrogen and oxygen atoms in total. The number of imide groups is 1. The zero-order valence-electron chi connectivity index (χ0n) is 36.3. The number of amides is 4. The molecule has 1 unspecified atom stereocenters. The molecule has 0 saturated carbocycles. The number of carbonyl (C=O) groups is 4. The predicted octanol–water partition coefficient (Wildman–Crippen LogP) is 4.33. The van der Waals surface area contributed by atoms with E-state index in [1.807, 2.05) is 19.1 Å². The van der Waals surface area contributed by atoms with Crippen LogP contribution in [0.4, 0.5) is 17.1 Å². The van der Waals surface area contributed by atoms with E-state index in [1.165, 1.54) is 24.1 Å². The van der Waals surface area contributed by atoms with Crippen LogP contribution in [0.2, 0.25) is 0 Å². The monoisotopic (exact) mass is 847 g/mol.